The predicted molar refractivity (Wildman–Crippen MR) is 574 cm³/mol. The quantitative estimate of drug-likeness (QED) is 0.156. The standard InChI is InChI=1S/C141H78O3/c142-133(79-61-67-100-97-43-7-22-52-112(97)136(121(100)73-79)106-46-16-1-31-85(106)86-32-2-17-47-107(86)136)82-64-70-103-124(76-82)139(115-55-25-10-37-91(115)92-38-11-26-56-116(92)139)130-127(103)131-129(105-72-66-84(78-126(105)140(131)117-57-27-12-39-93(117)94-40-13-28-58-118(94)140)135(144)81-63-69-102-99-45-9-24-54-114(99)138(123(102)75-81)110-50-20-5-35-89(110)90-36-6-21-51-111(90)138)132-128(130)104-71-65-83(77-125(104)141(132)119-59-29-14-41-95(119)96-42-15-30-60-120(96)141)134(143)80-62-68-101-98-44-8-23-53-113(98)137(122(101)74-80)108-48-18-3-33-87(108)88-34-4-19-49-109(88)137/h1-78H. The van der Waals surface area contributed by atoms with Crippen molar-refractivity contribution in [2.45, 2.75) is 32.5 Å². The summed E-state index contributed by atoms with van der Waals surface area (Å²) in [5.41, 5.74) is 52.4. The van der Waals surface area contributed by atoms with Crippen LogP contribution < -0.4 is 0 Å². The molecule has 0 atom stereocenters. The van der Waals surface area contributed by atoms with Gasteiger partial charge in [0, 0.05) is 33.4 Å². The lowest BCUT2D eigenvalue weighted by Crippen LogP contribution is -2.31. The van der Waals surface area contributed by atoms with Crippen LogP contribution in [-0.2, 0) is 32.5 Å². The van der Waals surface area contributed by atoms with Crippen LogP contribution in [0.5, 0.6) is 0 Å². The van der Waals surface area contributed by atoms with E-state index in [0.29, 0.717) is 33.4 Å². The van der Waals surface area contributed by atoms with Crippen LogP contribution in [0.3, 0.4) is 0 Å². The second-order valence-electron chi connectivity index (χ2n) is 41.5. The first-order chi connectivity index (χ1) is 71.2. The lowest BCUT2D eigenvalue weighted by atomic mass is 9.63. The van der Waals surface area contributed by atoms with Crippen LogP contribution in [-0.4, -0.2) is 17.3 Å². The lowest BCUT2D eigenvalue weighted by Gasteiger charge is -2.37. The molecule has 22 aromatic rings. The van der Waals surface area contributed by atoms with Gasteiger partial charge in [-0.15, -0.1) is 0 Å². The smallest absolute Gasteiger partial charge is 0.193 e. The van der Waals surface area contributed by atoms with Gasteiger partial charge in [-0.25, -0.2) is 0 Å². The van der Waals surface area contributed by atoms with E-state index in [-0.39, 0.29) is 17.3 Å². The van der Waals surface area contributed by atoms with Crippen molar-refractivity contribution in [2.24, 2.45) is 0 Å². The van der Waals surface area contributed by atoms with Crippen molar-refractivity contribution in [3.8, 4) is 134 Å². The highest BCUT2D eigenvalue weighted by molar-refractivity contribution is 6.19. The molecule has 0 saturated carbocycles. The Morgan fingerprint density at radius 3 is 0.368 bits per heavy atom. The van der Waals surface area contributed by atoms with E-state index in [2.05, 4.69) is 473 Å². The Balaban J connectivity index is 0.665. The van der Waals surface area contributed by atoms with Gasteiger partial charge in [-0.3, -0.25) is 14.4 Å². The average Bonchev–Trinajstić information content (AvgIpc) is 1.44. The molecule has 34 rings (SSSR count). The van der Waals surface area contributed by atoms with E-state index in [1.54, 1.807) is 0 Å². The molecule has 12 aliphatic rings. The summed E-state index contributed by atoms with van der Waals surface area (Å²) in [6, 6.07) is 175. The van der Waals surface area contributed by atoms with Gasteiger partial charge < -0.3 is 0 Å². The molecule has 0 heterocycles. The molecule has 144 heavy (non-hydrogen) atoms. The molecule has 0 bridgehead atoms. The molecule has 0 aliphatic heterocycles. The van der Waals surface area contributed by atoms with E-state index in [0.717, 1.165) is 167 Å². The molecule has 0 amide bonds. The lowest BCUT2D eigenvalue weighted by molar-refractivity contribution is 0.103. The summed E-state index contributed by atoms with van der Waals surface area (Å²) in [5, 5.41) is 0. The van der Waals surface area contributed by atoms with Gasteiger partial charge in [0.15, 0.2) is 17.3 Å². The summed E-state index contributed by atoms with van der Waals surface area (Å²) >= 11 is 0. The fourth-order valence-corrected chi connectivity index (χ4v) is 31.3. The summed E-state index contributed by atoms with van der Waals surface area (Å²) in [6.07, 6.45) is 0. The Morgan fingerprint density at radius 1 is 0.111 bits per heavy atom. The largest absolute Gasteiger partial charge is 0.289 e. The minimum Gasteiger partial charge on any atom is -0.289 e. The zero-order valence-corrected chi connectivity index (χ0v) is 77.8. The monoisotopic (exact) mass is 1820 g/mol. The molecule has 660 valence electrons. The normalized spacial score (nSPS) is 15.5. The van der Waals surface area contributed by atoms with Gasteiger partial charge in [0.25, 0.3) is 0 Å². The van der Waals surface area contributed by atoms with Gasteiger partial charge in [-0.1, -0.05) is 437 Å². The minimum absolute atomic E-state index is 0.0744. The second-order valence-corrected chi connectivity index (χ2v) is 41.5. The van der Waals surface area contributed by atoms with Crippen LogP contribution in [0.25, 0.3) is 134 Å². The van der Waals surface area contributed by atoms with Gasteiger partial charge in [0.2, 0.25) is 0 Å². The van der Waals surface area contributed by atoms with Crippen LogP contribution in [0.2, 0.25) is 0 Å². The van der Waals surface area contributed by atoms with Crippen LogP contribution in [0, 0.1) is 0 Å². The van der Waals surface area contributed by atoms with Crippen molar-refractivity contribution in [2.75, 3.05) is 0 Å². The van der Waals surface area contributed by atoms with Crippen LogP contribution in [0.1, 0.15) is 181 Å². The third kappa shape index (κ3) is 8.65. The minimum atomic E-state index is -1.17. The van der Waals surface area contributed by atoms with Crippen molar-refractivity contribution in [1.29, 1.82) is 0 Å². The molecule has 0 unspecified atom stereocenters. The first kappa shape index (κ1) is 77.7. The molecule has 12 aliphatic carbocycles. The average molecular weight is 1820 g/mol. The Labute approximate surface area is 831 Å². The van der Waals surface area contributed by atoms with Gasteiger partial charge in [-0.2, -0.15) is 0 Å². The maximum atomic E-state index is 17.4. The van der Waals surface area contributed by atoms with E-state index in [1.807, 2.05) is 0 Å². The molecule has 3 heteroatoms. The summed E-state index contributed by atoms with van der Waals surface area (Å²) < 4.78 is 0. The first-order valence-electron chi connectivity index (χ1n) is 50.5. The van der Waals surface area contributed by atoms with Crippen molar-refractivity contribution in [3.05, 3.63) is 640 Å². The van der Waals surface area contributed by atoms with Gasteiger partial charge in [0.1, 0.15) is 0 Å². The summed E-state index contributed by atoms with van der Waals surface area (Å²) in [5.74, 6) is -0.223. The van der Waals surface area contributed by atoms with Crippen LogP contribution in [0.4, 0.5) is 0 Å². The molecule has 0 N–H and O–H groups in total. The molecular weight excluding hydrogens is 1740 g/mol. The first-order valence-corrected chi connectivity index (χ1v) is 50.5. The molecule has 0 saturated heterocycles. The number of carbonyl (C=O) groups excluding carboxylic acids is 3. The fourth-order valence-electron chi connectivity index (χ4n) is 31.3. The van der Waals surface area contributed by atoms with E-state index >= 15 is 14.4 Å². The maximum Gasteiger partial charge on any atom is 0.193 e. The van der Waals surface area contributed by atoms with Gasteiger partial charge in [0.05, 0.1) is 32.5 Å². The van der Waals surface area contributed by atoms with Gasteiger partial charge >= 0.3 is 0 Å². The Morgan fingerprint density at radius 2 is 0.222 bits per heavy atom. The highest BCUT2D eigenvalue weighted by atomic mass is 16.1. The van der Waals surface area contributed by atoms with Gasteiger partial charge in [-0.05, 0) is 303 Å². The zero-order valence-electron chi connectivity index (χ0n) is 77.8. The molecule has 22 aromatic carbocycles. The molecular formula is C141H78O3. The number of hydrogen-bond donors (Lipinski definition) is 0. The van der Waals surface area contributed by atoms with E-state index in [4.69, 9.17) is 0 Å². The van der Waals surface area contributed by atoms with E-state index < -0.39 is 32.5 Å². The third-order valence-electron chi connectivity index (χ3n) is 36.1. The number of carbonyl (C=O) groups is 3. The predicted octanol–water partition coefficient (Wildman–Crippen LogP) is 31.4. The second kappa shape index (κ2) is 26.9. The Bertz CT molecular complexity index is 8660. The molecule has 3 nitrogen and oxygen atoms in total. The van der Waals surface area contributed by atoms with E-state index in [9.17, 15) is 0 Å². The number of rotatable bonds is 6. The summed E-state index contributed by atoms with van der Waals surface area (Å²) in [4.78, 5) is 52.2. The van der Waals surface area contributed by atoms with Crippen molar-refractivity contribution in [3.63, 3.8) is 0 Å². The maximum absolute atomic E-state index is 17.4. The molecule has 0 fully saturated rings. The Hall–Kier alpha value is -18.2. The Kier molecular flexibility index (Phi) is 14.5. The number of benzene rings is 22. The van der Waals surface area contributed by atoms with E-state index in [1.165, 1.54) is 100 Å². The van der Waals surface area contributed by atoms with Crippen LogP contribution >= 0.6 is 0 Å². The van der Waals surface area contributed by atoms with Crippen LogP contribution in [0.15, 0.2) is 473 Å². The summed E-state index contributed by atoms with van der Waals surface area (Å²) in [7, 11) is 0. The molecule has 0 aromatic heterocycles. The SMILES string of the molecule is O=C(c1ccc2c(c1)C1(c3ccccc3-c3ccccc31)c1ccccc1-2)c1ccc2c(c1)C1(c3ccccc3-c3ccccc31)c1c-2c2c(c3c1-c1ccc(C(=O)c4ccc5c(c4)C4(c6ccccc6-c6ccccc64)c4ccccc4-5)cc1C31c3ccccc3-c3ccccc31)-c1ccc(C(=O)c3ccc4c(c3)C3(c5ccccc5-c5ccccc53)c3ccccc3-4)cc1C21c2ccccc2-c2ccccc21. The highest BCUT2D eigenvalue weighted by Crippen LogP contribution is 2.79. The topological polar surface area (TPSA) is 51.2 Å². The van der Waals surface area contributed by atoms with Crippen molar-refractivity contribution >= 4 is 17.3 Å². The number of ketones is 3. The third-order valence-corrected chi connectivity index (χ3v) is 36.1. The highest BCUT2D eigenvalue weighted by Gasteiger charge is 2.66. The summed E-state index contributed by atoms with van der Waals surface area (Å²) in [6.45, 7) is 0. The number of fused-ring (bicyclic) bond motifs is 63. The van der Waals surface area contributed by atoms with Crippen molar-refractivity contribution < 1.29 is 14.4 Å². The molecule has 6 spiro atoms. The fraction of sp³-hybridized carbons (Fsp3) is 0.0426. The van der Waals surface area contributed by atoms with Crippen molar-refractivity contribution in [1.82, 2.24) is 0 Å². The zero-order chi connectivity index (χ0) is 94.1. The number of hydrogen-bond acceptors (Lipinski definition) is 3. The molecule has 0 radical (unpaired) electrons.